The molecule has 7 nitrogen and oxygen atoms in total. The molecule has 34 heavy (non-hydrogen) atoms. The zero-order valence-corrected chi connectivity index (χ0v) is 21.4. The van der Waals surface area contributed by atoms with E-state index in [1.807, 2.05) is 30.5 Å². The van der Waals surface area contributed by atoms with Crippen molar-refractivity contribution in [3.63, 3.8) is 0 Å². The van der Waals surface area contributed by atoms with Gasteiger partial charge in [0.1, 0.15) is 9.78 Å². The van der Waals surface area contributed by atoms with Gasteiger partial charge in [0.15, 0.2) is 0 Å². The van der Waals surface area contributed by atoms with Crippen molar-refractivity contribution in [1.82, 2.24) is 13.3 Å². The minimum absolute atomic E-state index is 0.263. The van der Waals surface area contributed by atoms with Gasteiger partial charge in [-0.1, -0.05) is 23.7 Å². The number of sulfonamides is 1. The molecule has 0 fully saturated rings. The third kappa shape index (κ3) is 5.87. The monoisotopic (exact) mass is 537 g/mol. The van der Waals surface area contributed by atoms with Crippen LogP contribution in [0.15, 0.2) is 71.6 Å². The molecule has 2 aliphatic rings. The molecule has 0 bridgehead atoms. The first kappa shape index (κ1) is 24.9. The molecule has 0 radical (unpaired) electrons. The number of carboxylic acid groups (broad SMARTS) is 1. The van der Waals surface area contributed by atoms with E-state index < -0.39 is 16.0 Å². The summed E-state index contributed by atoms with van der Waals surface area (Å²) in [4.78, 5) is 12.6. The van der Waals surface area contributed by atoms with Gasteiger partial charge in [0.2, 0.25) is 10.0 Å². The molecule has 0 atom stereocenters. The highest BCUT2D eigenvalue weighted by Crippen LogP contribution is 2.34. The Bertz CT molecular complexity index is 1250. The molecule has 2 aliphatic heterocycles. The van der Waals surface area contributed by atoms with Crippen LogP contribution < -0.4 is 4.72 Å². The summed E-state index contributed by atoms with van der Waals surface area (Å²) < 4.78 is 33.7. The van der Waals surface area contributed by atoms with Gasteiger partial charge in [-0.2, -0.15) is 4.31 Å². The first-order chi connectivity index (χ1) is 16.3. The number of carboxylic acids is 1. The molecule has 0 amide bonds. The molecule has 3 heterocycles. The second kappa shape index (κ2) is 11.0. The van der Waals surface area contributed by atoms with Crippen LogP contribution in [-0.4, -0.2) is 41.2 Å². The number of benzene rings is 1. The molecule has 1 aromatic heterocycles. The Kier molecular flexibility index (Phi) is 8.05. The highest BCUT2D eigenvalue weighted by molar-refractivity contribution is 7.96. The summed E-state index contributed by atoms with van der Waals surface area (Å²) in [5.41, 5.74) is 1.67. The molecule has 0 aliphatic carbocycles. The van der Waals surface area contributed by atoms with Crippen LogP contribution in [0, 0.1) is 0 Å². The average molecular weight is 538 g/mol. The van der Waals surface area contributed by atoms with Crippen LogP contribution in [0.1, 0.15) is 33.0 Å². The van der Waals surface area contributed by atoms with Gasteiger partial charge >= 0.3 is 5.97 Å². The summed E-state index contributed by atoms with van der Waals surface area (Å²) in [5, 5.41) is 9.80. The fraction of sp³-hybridized carbons (Fsp3) is 0.261. The van der Waals surface area contributed by atoms with Crippen LogP contribution in [0.4, 0.5) is 0 Å². The van der Waals surface area contributed by atoms with Crippen molar-refractivity contribution < 1.29 is 18.3 Å². The number of rotatable bonds is 11. The van der Waals surface area contributed by atoms with Crippen LogP contribution in [0.25, 0.3) is 0 Å². The number of aromatic carboxylic acids is 1. The number of aryl methyl sites for hydroxylation is 2. The maximum atomic E-state index is 13.7. The number of halogens is 1. The Morgan fingerprint density at radius 3 is 2.68 bits per heavy atom. The van der Waals surface area contributed by atoms with Gasteiger partial charge < -0.3 is 9.83 Å². The molecule has 1 aromatic carbocycles. The van der Waals surface area contributed by atoms with E-state index in [-0.39, 0.29) is 4.91 Å². The van der Waals surface area contributed by atoms with Crippen molar-refractivity contribution >= 4 is 51.1 Å². The van der Waals surface area contributed by atoms with Crippen LogP contribution >= 0.6 is 35.1 Å². The van der Waals surface area contributed by atoms with Gasteiger partial charge in [-0.15, -0.1) is 11.3 Å². The van der Waals surface area contributed by atoms with Crippen molar-refractivity contribution in [3.05, 3.63) is 91.9 Å². The van der Waals surface area contributed by atoms with Crippen LogP contribution in [0.2, 0.25) is 5.02 Å². The molecule has 4 rings (SSSR count). The number of allylic oxidation sites excluding steroid dienone is 2. The number of hydrogen-bond acceptors (Lipinski definition) is 7. The first-order valence-corrected chi connectivity index (χ1v) is 14.1. The van der Waals surface area contributed by atoms with Gasteiger partial charge in [-0.25, -0.2) is 13.2 Å². The summed E-state index contributed by atoms with van der Waals surface area (Å²) in [7, 11) is -3.74. The Balaban J connectivity index is 1.47. The Morgan fingerprint density at radius 1 is 1.15 bits per heavy atom. The maximum absolute atomic E-state index is 13.7. The predicted molar refractivity (Wildman–Crippen MR) is 138 cm³/mol. The molecular weight excluding hydrogens is 514 g/mol. The normalized spacial score (nSPS) is 15.2. The number of fused-ring (bicyclic) bond motifs is 1. The molecule has 2 aromatic rings. The third-order valence-corrected chi connectivity index (χ3v) is 9.44. The number of nitrogens with one attached hydrogen (secondary N) is 1. The summed E-state index contributed by atoms with van der Waals surface area (Å²) in [6.07, 6.45) is 9.45. The lowest BCUT2D eigenvalue weighted by Crippen LogP contribution is -2.36. The maximum Gasteiger partial charge on any atom is 0.345 e. The van der Waals surface area contributed by atoms with E-state index in [1.165, 1.54) is 27.8 Å². The minimum Gasteiger partial charge on any atom is -0.477 e. The van der Waals surface area contributed by atoms with Crippen molar-refractivity contribution in [3.8, 4) is 0 Å². The largest absolute Gasteiger partial charge is 0.477 e. The molecule has 0 saturated heterocycles. The van der Waals surface area contributed by atoms with E-state index in [1.54, 1.807) is 34.8 Å². The molecule has 2 N–H and O–H groups in total. The highest BCUT2D eigenvalue weighted by Gasteiger charge is 2.33. The van der Waals surface area contributed by atoms with Crippen molar-refractivity contribution in [2.24, 2.45) is 0 Å². The number of carbonyl (C=O) groups is 1. The first-order valence-electron chi connectivity index (χ1n) is 10.7. The second-order valence-corrected chi connectivity index (χ2v) is 12.1. The van der Waals surface area contributed by atoms with Crippen LogP contribution in [0.5, 0.6) is 0 Å². The molecule has 11 heteroatoms. The van der Waals surface area contributed by atoms with Crippen LogP contribution in [0.3, 0.4) is 0 Å². The lowest BCUT2D eigenvalue weighted by Gasteiger charge is -2.27. The van der Waals surface area contributed by atoms with E-state index >= 15 is 0 Å². The molecule has 0 spiro atoms. The predicted octanol–water partition coefficient (Wildman–Crippen LogP) is 5.02. The third-order valence-electron chi connectivity index (χ3n) is 5.39. The van der Waals surface area contributed by atoms with E-state index in [2.05, 4.69) is 4.72 Å². The molecule has 0 saturated carbocycles. The number of thiophene rings is 1. The lowest BCUT2D eigenvalue weighted by molar-refractivity contribution is 0.0702. The van der Waals surface area contributed by atoms with Gasteiger partial charge in [-0.05, 0) is 67.7 Å². The summed E-state index contributed by atoms with van der Waals surface area (Å²) in [6.45, 7) is 0.710. The molecular formula is C23H24ClN3O4S3. The fourth-order valence-corrected chi connectivity index (χ4v) is 7.26. The van der Waals surface area contributed by atoms with Crippen LogP contribution in [-0.2, 0) is 22.9 Å². The smallest absolute Gasteiger partial charge is 0.345 e. The highest BCUT2D eigenvalue weighted by atomic mass is 35.5. The number of hydrogen-bond donors (Lipinski definition) is 2. The van der Waals surface area contributed by atoms with E-state index in [4.69, 9.17) is 16.7 Å². The zero-order chi connectivity index (χ0) is 24.1. The molecule has 0 unspecified atom stereocenters. The van der Waals surface area contributed by atoms with Crippen molar-refractivity contribution in [1.29, 1.82) is 0 Å². The van der Waals surface area contributed by atoms with Crippen molar-refractivity contribution in [2.75, 3.05) is 13.1 Å². The summed E-state index contributed by atoms with van der Waals surface area (Å²) >= 11 is 8.63. The van der Waals surface area contributed by atoms with Gasteiger partial charge in [-0.3, -0.25) is 4.31 Å². The number of nitrogens with zero attached hydrogens (tertiary/aromatic N) is 2. The standard InChI is InChI=1S/C23H24ClN3O4S3/c24-18-7-1-5-17(15-18)6-2-12-26(13-3-8-19-10-11-21(32-19)23(28)29)34(30,31)22-9-4-14-27-20(22)16-25-33-27/h1,4-5,7,9-11,14-16,25H,2-3,6,8,12-13H2,(H,28,29). The SMILES string of the molecule is O=C(O)c1ccc(CCCN(CCCc2cccc(Cl)c2)S(=O)(=O)C2=CC=CN3SNC=C23)s1. The molecule has 180 valence electrons. The van der Waals surface area contributed by atoms with Crippen molar-refractivity contribution in [2.45, 2.75) is 25.7 Å². The second-order valence-electron chi connectivity index (χ2n) is 7.75. The Labute approximate surface area is 212 Å². The van der Waals surface area contributed by atoms with E-state index in [0.29, 0.717) is 54.4 Å². The Morgan fingerprint density at radius 2 is 1.94 bits per heavy atom. The topological polar surface area (TPSA) is 90.0 Å². The summed E-state index contributed by atoms with van der Waals surface area (Å²) in [6, 6.07) is 11.0. The van der Waals surface area contributed by atoms with Gasteiger partial charge in [0, 0.05) is 35.4 Å². The Hall–Kier alpha value is -2.24. The van der Waals surface area contributed by atoms with Gasteiger partial charge in [0.05, 0.1) is 17.8 Å². The average Bonchev–Trinajstić information content (AvgIpc) is 3.47. The fourth-order valence-electron chi connectivity index (χ4n) is 3.75. The van der Waals surface area contributed by atoms with Gasteiger partial charge in [0.25, 0.3) is 0 Å². The van der Waals surface area contributed by atoms with E-state index in [9.17, 15) is 13.2 Å². The minimum atomic E-state index is -3.74. The summed E-state index contributed by atoms with van der Waals surface area (Å²) in [5.74, 6) is -0.945. The lowest BCUT2D eigenvalue weighted by atomic mass is 10.1. The van der Waals surface area contributed by atoms with E-state index in [0.717, 1.165) is 10.4 Å². The zero-order valence-electron chi connectivity index (χ0n) is 18.2. The quantitative estimate of drug-likeness (QED) is 0.389.